The number of halogens is 1. The number of hydrogen-bond acceptors (Lipinski definition) is 0. The average Bonchev–Trinajstić information content (AvgIpc) is 2.81. The molecule has 3 rings (SSSR count). The van der Waals surface area contributed by atoms with Gasteiger partial charge in [-0.1, -0.05) is 48.9 Å². The van der Waals surface area contributed by atoms with Crippen molar-refractivity contribution < 1.29 is 4.39 Å². The lowest BCUT2D eigenvalue weighted by Gasteiger charge is -2.07. The number of rotatable bonds is 2. The number of benzene rings is 2. The summed E-state index contributed by atoms with van der Waals surface area (Å²) in [6.07, 6.45) is 4.38. The van der Waals surface area contributed by atoms with Crippen molar-refractivity contribution in [1.29, 1.82) is 0 Å². The summed E-state index contributed by atoms with van der Waals surface area (Å²) in [5, 5.41) is 0. The van der Waals surface area contributed by atoms with Gasteiger partial charge in [-0.25, -0.2) is 4.39 Å². The van der Waals surface area contributed by atoms with Gasteiger partial charge < -0.3 is 0 Å². The van der Waals surface area contributed by atoms with Crippen LogP contribution in [0.15, 0.2) is 48.0 Å². The van der Waals surface area contributed by atoms with Gasteiger partial charge in [0.05, 0.1) is 0 Å². The zero-order chi connectivity index (χ0) is 12.5. The summed E-state index contributed by atoms with van der Waals surface area (Å²) in [4.78, 5) is 0. The maximum absolute atomic E-state index is 13.3. The van der Waals surface area contributed by atoms with Crippen LogP contribution in [0.1, 0.15) is 24.5 Å². The first kappa shape index (κ1) is 11.2. The summed E-state index contributed by atoms with van der Waals surface area (Å²) in [6.45, 7) is 2.18. The van der Waals surface area contributed by atoms with Crippen molar-refractivity contribution in [3.8, 4) is 11.1 Å². The van der Waals surface area contributed by atoms with E-state index in [4.69, 9.17) is 0 Å². The Bertz CT molecular complexity index is 623. The van der Waals surface area contributed by atoms with Gasteiger partial charge in [0.15, 0.2) is 0 Å². The Labute approximate surface area is 107 Å². The van der Waals surface area contributed by atoms with E-state index in [-0.39, 0.29) is 5.82 Å². The molecule has 0 saturated carbocycles. The molecule has 0 nitrogen and oxygen atoms in total. The SMILES string of the molecule is CCC1=Cc2c(cccc2-c2cccc(F)c2)C1. The second-order valence-electron chi connectivity index (χ2n) is 4.72. The van der Waals surface area contributed by atoms with Crippen LogP contribution in [-0.2, 0) is 6.42 Å². The maximum atomic E-state index is 13.3. The molecule has 0 heterocycles. The quantitative estimate of drug-likeness (QED) is 0.702. The molecule has 0 unspecified atom stereocenters. The van der Waals surface area contributed by atoms with Crippen molar-refractivity contribution in [2.45, 2.75) is 19.8 Å². The fraction of sp³-hybridized carbons (Fsp3) is 0.176. The van der Waals surface area contributed by atoms with Gasteiger partial charge in [0, 0.05) is 0 Å². The van der Waals surface area contributed by atoms with Crippen LogP contribution in [0.4, 0.5) is 4.39 Å². The first-order valence-electron chi connectivity index (χ1n) is 6.35. The summed E-state index contributed by atoms with van der Waals surface area (Å²) in [5.74, 6) is -0.178. The minimum atomic E-state index is -0.178. The second kappa shape index (κ2) is 4.41. The van der Waals surface area contributed by atoms with E-state index in [1.807, 2.05) is 6.07 Å². The number of allylic oxidation sites excluding steroid dienone is 1. The molecule has 18 heavy (non-hydrogen) atoms. The Morgan fingerprint density at radius 3 is 2.72 bits per heavy atom. The Kier molecular flexibility index (Phi) is 2.75. The summed E-state index contributed by atoms with van der Waals surface area (Å²) < 4.78 is 13.3. The van der Waals surface area contributed by atoms with Crippen LogP contribution in [0.3, 0.4) is 0 Å². The minimum absolute atomic E-state index is 0.178. The average molecular weight is 238 g/mol. The van der Waals surface area contributed by atoms with E-state index in [0.29, 0.717) is 0 Å². The highest BCUT2D eigenvalue weighted by Crippen LogP contribution is 2.34. The van der Waals surface area contributed by atoms with Crippen molar-refractivity contribution in [2.75, 3.05) is 0 Å². The first-order chi connectivity index (χ1) is 8.78. The molecule has 0 aromatic heterocycles. The molecule has 0 amide bonds. The van der Waals surface area contributed by atoms with Crippen LogP contribution in [0.2, 0.25) is 0 Å². The monoisotopic (exact) mass is 238 g/mol. The third-order valence-corrected chi connectivity index (χ3v) is 3.55. The standard InChI is InChI=1S/C17H15F/c1-2-12-9-13-6-4-8-16(17(13)10-12)14-5-3-7-15(18)11-14/h3-8,10-11H,2,9H2,1H3. The van der Waals surface area contributed by atoms with Gasteiger partial charge in [0.1, 0.15) is 5.82 Å². The molecule has 0 saturated heterocycles. The smallest absolute Gasteiger partial charge is 0.123 e. The highest BCUT2D eigenvalue weighted by molar-refractivity contribution is 5.80. The molecule has 2 aromatic carbocycles. The molecule has 90 valence electrons. The minimum Gasteiger partial charge on any atom is -0.207 e. The van der Waals surface area contributed by atoms with E-state index in [0.717, 1.165) is 24.0 Å². The van der Waals surface area contributed by atoms with E-state index in [1.54, 1.807) is 12.1 Å². The predicted molar refractivity (Wildman–Crippen MR) is 73.8 cm³/mol. The normalized spacial score (nSPS) is 13.3. The molecule has 1 aliphatic carbocycles. The molecule has 0 bridgehead atoms. The Morgan fingerprint density at radius 2 is 1.94 bits per heavy atom. The summed E-state index contributed by atoms with van der Waals surface area (Å²) in [6, 6.07) is 13.1. The van der Waals surface area contributed by atoms with Gasteiger partial charge in [-0.3, -0.25) is 0 Å². The van der Waals surface area contributed by atoms with Crippen molar-refractivity contribution in [3.05, 3.63) is 65.0 Å². The fourth-order valence-corrected chi connectivity index (χ4v) is 2.57. The van der Waals surface area contributed by atoms with Crippen LogP contribution in [0.5, 0.6) is 0 Å². The molecule has 2 aromatic rings. The van der Waals surface area contributed by atoms with Gasteiger partial charge in [-0.2, -0.15) is 0 Å². The van der Waals surface area contributed by atoms with E-state index in [2.05, 4.69) is 31.2 Å². The zero-order valence-electron chi connectivity index (χ0n) is 10.4. The molecular weight excluding hydrogens is 223 g/mol. The molecule has 0 radical (unpaired) electrons. The molecule has 1 aliphatic rings. The van der Waals surface area contributed by atoms with E-state index in [1.165, 1.54) is 22.8 Å². The van der Waals surface area contributed by atoms with Crippen molar-refractivity contribution in [2.24, 2.45) is 0 Å². The molecule has 0 N–H and O–H groups in total. The fourth-order valence-electron chi connectivity index (χ4n) is 2.57. The largest absolute Gasteiger partial charge is 0.207 e. The predicted octanol–water partition coefficient (Wildman–Crippen LogP) is 4.84. The summed E-state index contributed by atoms with van der Waals surface area (Å²) in [7, 11) is 0. The lowest BCUT2D eigenvalue weighted by Crippen LogP contribution is -1.88. The zero-order valence-corrected chi connectivity index (χ0v) is 10.4. The second-order valence-corrected chi connectivity index (χ2v) is 4.72. The number of fused-ring (bicyclic) bond motifs is 1. The van der Waals surface area contributed by atoms with Gasteiger partial charge in [-0.15, -0.1) is 0 Å². The highest BCUT2D eigenvalue weighted by Gasteiger charge is 2.15. The third-order valence-electron chi connectivity index (χ3n) is 3.55. The van der Waals surface area contributed by atoms with Crippen molar-refractivity contribution >= 4 is 6.08 Å². The molecule has 0 spiro atoms. The first-order valence-corrected chi connectivity index (χ1v) is 6.35. The Balaban J connectivity index is 2.15. The van der Waals surface area contributed by atoms with E-state index < -0.39 is 0 Å². The molecule has 1 heteroatoms. The van der Waals surface area contributed by atoms with Crippen LogP contribution in [0.25, 0.3) is 17.2 Å². The highest BCUT2D eigenvalue weighted by atomic mass is 19.1. The topological polar surface area (TPSA) is 0 Å². The van der Waals surface area contributed by atoms with Gasteiger partial charge in [0.25, 0.3) is 0 Å². The lowest BCUT2D eigenvalue weighted by atomic mass is 9.97. The van der Waals surface area contributed by atoms with E-state index >= 15 is 0 Å². The lowest BCUT2D eigenvalue weighted by molar-refractivity contribution is 0.628. The molecule has 0 fully saturated rings. The van der Waals surface area contributed by atoms with E-state index in [9.17, 15) is 4.39 Å². The molecule has 0 aliphatic heterocycles. The third kappa shape index (κ3) is 1.86. The number of hydrogen-bond donors (Lipinski definition) is 0. The van der Waals surface area contributed by atoms with Crippen LogP contribution in [0, 0.1) is 5.82 Å². The Morgan fingerprint density at radius 1 is 1.11 bits per heavy atom. The maximum Gasteiger partial charge on any atom is 0.123 e. The summed E-state index contributed by atoms with van der Waals surface area (Å²) in [5.41, 5.74) is 6.17. The molecule has 0 atom stereocenters. The van der Waals surface area contributed by atoms with Crippen LogP contribution < -0.4 is 0 Å². The van der Waals surface area contributed by atoms with Crippen molar-refractivity contribution in [3.63, 3.8) is 0 Å². The van der Waals surface area contributed by atoms with Crippen molar-refractivity contribution in [1.82, 2.24) is 0 Å². The van der Waals surface area contributed by atoms with Gasteiger partial charge in [-0.05, 0) is 47.2 Å². The van der Waals surface area contributed by atoms with Crippen LogP contribution >= 0.6 is 0 Å². The summed E-state index contributed by atoms with van der Waals surface area (Å²) >= 11 is 0. The van der Waals surface area contributed by atoms with Gasteiger partial charge >= 0.3 is 0 Å². The molecular formula is C17H15F. The van der Waals surface area contributed by atoms with Crippen LogP contribution in [-0.4, -0.2) is 0 Å². The van der Waals surface area contributed by atoms with Gasteiger partial charge in [0.2, 0.25) is 0 Å². The Hall–Kier alpha value is -1.89.